The highest BCUT2D eigenvalue weighted by Crippen LogP contribution is 2.35. The molecule has 0 bridgehead atoms. The maximum atomic E-state index is 13.4. The minimum atomic E-state index is -4.37. The highest BCUT2D eigenvalue weighted by Gasteiger charge is 2.31. The fourth-order valence-electron chi connectivity index (χ4n) is 5.14. The van der Waals surface area contributed by atoms with E-state index in [-0.39, 0.29) is 0 Å². The number of alkyl halides is 3. The van der Waals surface area contributed by atoms with Gasteiger partial charge in [-0.15, -0.1) is 0 Å². The van der Waals surface area contributed by atoms with Crippen molar-refractivity contribution in [2.24, 2.45) is 0 Å². The largest absolute Gasteiger partial charge is 0.416 e. The van der Waals surface area contributed by atoms with Gasteiger partial charge in [0.05, 0.1) is 11.1 Å². The third-order valence-corrected chi connectivity index (χ3v) is 7.57. The zero-order chi connectivity index (χ0) is 28.6. The molecule has 1 aromatic heterocycles. The molecule has 0 aliphatic rings. The lowest BCUT2D eigenvalue weighted by molar-refractivity contribution is -0.137. The molecule has 0 saturated carbocycles. The average Bonchev–Trinajstić information content (AvgIpc) is 3.00. The van der Waals surface area contributed by atoms with Crippen LogP contribution in [0.5, 0.6) is 0 Å². The molecule has 0 aliphatic heterocycles. The summed E-state index contributed by atoms with van der Waals surface area (Å²) in [6.07, 6.45) is -1.93. The van der Waals surface area contributed by atoms with Crippen LogP contribution in [0.2, 0.25) is 0 Å². The molecule has 41 heavy (non-hydrogen) atoms. The van der Waals surface area contributed by atoms with Gasteiger partial charge in [-0.1, -0.05) is 103 Å². The molecule has 0 amide bonds. The number of nitrogens with zero attached hydrogens (tertiary/aromatic N) is 1. The molecule has 1 heterocycles. The molecule has 0 spiro atoms. The highest BCUT2D eigenvalue weighted by atomic mass is 19.4. The van der Waals surface area contributed by atoms with Crippen LogP contribution in [0.3, 0.4) is 0 Å². The molecule has 5 aromatic carbocycles. The summed E-state index contributed by atoms with van der Waals surface area (Å²) in [6, 6.07) is 37.3. The van der Waals surface area contributed by atoms with Crippen LogP contribution in [0.1, 0.15) is 23.6 Å². The Hall–Kier alpha value is -4.70. The fourth-order valence-corrected chi connectivity index (χ4v) is 5.14. The van der Waals surface area contributed by atoms with E-state index in [0.717, 1.165) is 38.7 Å². The molecule has 0 N–H and O–H groups in total. The first-order chi connectivity index (χ1) is 19.8. The Bertz CT molecular complexity index is 1830. The first-order valence-corrected chi connectivity index (χ1v) is 13.7. The molecule has 1 nitrogen and oxygen atoms in total. The van der Waals surface area contributed by atoms with Crippen molar-refractivity contribution >= 4 is 10.9 Å². The zero-order valence-corrected chi connectivity index (χ0v) is 22.8. The van der Waals surface area contributed by atoms with Gasteiger partial charge in [-0.3, -0.25) is 4.98 Å². The van der Waals surface area contributed by atoms with Gasteiger partial charge in [0, 0.05) is 17.1 Å². The van der Waals surface area contributed by atoms with Crippen molar-refractivity contribution in [3.63, 3.8) is 0 Å². The summed E-state index contributed by atoms with van der Waals surface area (Å²) >= 11 is 0. The van der Waals surface area contributed by atoms with Crippen LogP contribution in [0.4, 0.5) is 13.2 Å². The SMILES string of the molecule is CCc1cc(-c2ccc(-c3ccc4cc(-c5ccc(-c6ccc(C)cc6)cc5)cnc4c3)cc2)cc(C(F)(F)F)c1. The second-order valence-corrected chi connectivity index (χ2v) is 10.4. The van der Waals surface area contributed by atoms with E-state index in [1.165, 1.54) is 28.8 Å². The van der Waals surface area contributed by atoms with Crippen LogP contribution in [0.25, 0.3) is 55.4 Å². The van der Waals surface area contributed by atoms with Gasteiger partial charge >= 0.3 is 6.18 Å². The molecule has 0 aliphatic carbocycles. The monoisotopic (exact) mass is 543 g/mol. The van der Waals surface area contributed by atoms with E-state index in [1.807, 2.05) is 49.5 Å². The van der Waals surface area contributed by atoms with E-state index in [2.05, 4.69) is 73.7 Å². The first kappa shape index (κ1) is 26.5. The lowest BCUT2D eigenvalue weighted by Gasteiger charge is -2.12. The highest BCUT2D eigenvalue weighted by molar-refractivity contribution is 5.88. The van der Waals surface area contributed by atoms with Crippen LogP contribution >= 0.6 is 0 Å². The Morgan fingerprint density at radius 1 is 0.537 bits per heavy atom. The van der Waals surface area contributed by atoms with E-state index < -0.39 is 11.7 Å². The summed E-state index contributed by atoms with van der Waals surface area (Å²) in [5.74, 6) is 0. The Morgan fingerprint density at radius 2 is 1.05 bits per heavy atom. The van der Waals surface area contributed by atoms with Crippen LogP contribution in [-0.2, 0) is 12.6 Å². The number of pyridine rings is 1. The third kappa shape index (κ3) is 5.64. The molecule has 6 rings (SSSR count). The smallest absolute Gasteiger partial charge is 0.256 e. The number of rotatable bonds is 5. The van der Waals surface area contributed by atoms with E-state index in [0.29, 0.717) is 17.5 Å². The summed E-state index contributed by atoms with van der Waals surface area (Å²) in [4.78, 5) is 4.74. The minimum Gasteiger partial charge on any atom is -0.256 e. The molecule has 0 fully saturated rings. The average molecular weight is 544 g/mol. The summed E-state index contributed by atoms with van der Waals surface area (Å²) in [7, 11) is 0. The number of aromatic nitrogens is 1. The van der Waals surface area contributed by atoms with Gasteiger partial charge < -0.3 is 0 Å². The van der Waals surface area contributed by atoms with Gasteiger partial charge in [-0.05, 0) is 82.1 Å². The molecule has 6 aromatic rings. The molecule has 202 valence electrons. The van der Waals surface area contributed by atoms with Crippen molar-refractivity contribution in [2.45, 2.75) is 26.4 Å². The van der Waals surface area contributed by atoms with Crippen molar-refractivity contribution in [1.82, 2.24) is 4.98 Å². The molecule has 0 radical (unpaired) electrons. The van der Waals surface area contributed by atoms with E-state index >= 15 is 0 Å². The maximum Gasteiger partial charge on any atom is 0.416 e. The van der Waals surface area contributed by atoms with E-state index in [9.17, 15) is 13.2 Å². The van der Waals surface area contributed by atoms with Gasteiger partial charge in [0.2, 0.25) is 0 Å². The molecule has 4 heteroatoms. The molecular weight excluding hydrogens is 515 g/mol. The van der Waals surface area contributed by atoms with Crippen molar-refractivity contribution in [3.05, 3.63) is 138 Å². The number of hydrogen-bond acceptors (Lipinski definition) is 1. The van der Waals surface area contributed by atoms with Crippen molar-refractivity contribution < 1.29 is 13.2 Å². The zero-order valence-electron chi connectivity index (χ0n) is 22.8. The number of benzene rings is 5. The lowest BCUT2D eigenvalue weighted by atomic mass is 9.96. The number of aryl methyl sites for hydroxylation is 2. The minimum absolute atomic E-state index is 0.541. The van der Waals surface area contributed by atoms with Crippen molar-refractivity contribution in [2.75, 3.05) is 0 Å². The van der Waals surface area contributed by atoms with Crippen molar-refractivity contribution in [3.8, 4) is 44.5 Å². The number of fused-ring (bicyclic) bond motifs is 1. The molecular formula is C37H28F3N. The topological polar surface area (TPSA) is 12.9 Å². The summed E-state index contributed by atoms with van der Waals surface area (Å²) in [5.41, 5.74) is 10.0. The van der Waals surface area contributed by atoms with E-state index in [4.69, 9.17) is 4.98 Å². The fraction of sp³-hybridized carbons (Fsp3) is 0.108. The predicted molar refractivity (Wildman–Crippen MR) is 163 cm³/mol. The van der Waals surface area contributed by atoms with Crippen LogP contribution in [0, 0.1) is 6.92 Å². The van der Waals surface area contributed by atoms with Crippen molar-refractivity contribution in [1.29, 1.82) is 0 Å². The van der Waals surface area contributed by atoms with Gasteiger partial charge in [0.25, 0.3) is 0 Å². The second-order valence-electron chi connectivity index (χ2n) is 10.4. The van der Waals surface area contributed by atoms with Gasteiger partial charge in [-0.2, -0.15) is 13.2 Å². The molecule has 0 saturated heterocycles. The summed E-state index contributed by atoms with van der Waals surface area (Å²) in [5, 5.41) is 1.04. The maximum absolute atomic E-state index is 13.4. The lowest BCUT2D eigenvalue weighted by Crippen LogP contribution is -2.06. The Labute approximate surface area is 238 Å². The number of halogens is 3. The number of hydrogen-bond donors (Lipinski definition) is 0. The third-order valence-electron chi connectivity index (χ3n) is 7.57. The predicted octanol–water partition coefficient (Wildman–Crippen LogP) is 10.8. The van der Waals surface area contributed by atoms with Gasteiger partial charge in [-0.25, -0.2) is 0 Å². The Morgan fingerprint density at radius 3 is 1.63 bits per heavy atom. The van der Waals surface area contributed by atoms with Crippen LogP contribution in [-0.4, -0.2) is 4.98 Å². The second kappa shape index (κ2) is 10.7. The van der Waals surface area contributed by atoms with Crippen LogP contribution < -0.4 is 0 Å². The van der Waals surface area contributed by atoms with Gasteiger partial charge in [0.1, 0.15) is 0 Å². The molecule has 0 atom stereocenters. The quantitative estimate of drug-likeness (QED) is 0.211. The van der Waals surface area contributed by atoms with Gasteiger partial charge in [0.15, 0.2) is 0 Å². The molecule has 0 unspecified atom stereocenters. The normalized spacial score (nSPS) is 11.6. The Kier molecular flexibility index (Phi) is 6.92. The standard InChI is InChI=1S/C37H28F3N/c1-3-25-18-33(21-35(19-25)37(38,39)40)29-12-10-28(11-13-29)31-16-17-32-20-34(23-41-36(32)22-31)30-14-8-27(9-15-30)26-6-4-24(2)5-7-26/h4-23H,3H2,1-2H3. The van der Waals surface area contributed by atoms with Crippen LogP contribution in [0.15, 0.2) is 121 Å². The Balaban J connectivity index is 1.24. The summed E-state index contributed by atoms with van der Waals surface area (Å²) in [6.45, 7) is 3.95. The first-order valence-electron chi connectivity index (χ1n) is 13.7. The summed E-state index contributed by atoms with van der Waals surface area (Å²) < 4.78 is 40.3. The van der Waals surface area contributed by atoms with E-state index in [1.54, 1.807) is 0 Å².